The third kappa shape index (κ3) is 3.74. The first-order valence-corrected chi connectivity index (χ1v) is 11.1. The maximum Gasteiger partial charge on any atom is 0.326 e. The molecule has 0 aliphatic carbocycles. The average molecular weight is 467 g/mol. The molecule has 1 saturated heterocycles. The predicted molar refractivity (Wildman–Crippen MR) is 119 cm³/mol. The van der Waals surface area contributed by atoms with Crippen molar-refractivity contribution in [2.75, 3.05) is 20.0 Å². The molecule has 10 heteroatoms. The molecule has 3 aliphatic rings. The molecule has 2 aromatic carbocycles. The van der Waals surface area contributed by atoms with Crippen molar-refractivity contribution in [3.8, 4) is 23.0 Å². The van der Waals surface area contributed by atoms with Crippen LogP contribution in [-0.2, 0) is 21.7 Å². The van der Waals surface area contributed by atoms with E-state index in [2.05, 4.69) is 10.6 Å². The molecular weight excluding hydrogens is 442 g/mol. The van der Waals surface area contributed by atoms with Gasteiger partial charge in [0.05, 0.1) is 13.2 Å². The quantitative estimate of drug-likeness (QED) is 0.647. The Kier molecular flexibility index (Phi) is 5.43. The lowest BCUT2D eigenvalue weighted by Gasteiger charge is -2.25. The lowest BCUT2D eigenvalue weighted by atomic mass is 9.91. The molecule has 0 radical (unpaired) electrons. The van der Waals surface area contributed by atoms with E-state index in [0.717, 1.165) is 16.9 Å². The van der Waals surface area contributed by atoms with Crippen molar-refractivity contribution in [2.24, 2.45) is 0 Å². The second-order valence-corrected chi connectivity index (χ2v) is 8.52. The molecule has 34 heavy (non-hydrogen) atoms. The zero-order valence-corrected chi connectivity index (χ0v) is 18.9. The van der Waals surface area contributed by atoms with Gasteiger partial charge in [0.2, 0.25) is 12.7 Å². The van der Waals surface area contributed by atoms with E-state index in [0.29, 0.717) is 41.8 Å². The van der Waals surface area contributed by atoms with E-state index in [1.165, 1.54) is 6.92 Å². The maximum atomic E-state index is 13.4. The van der Waals surface area contributed by atoms with Gasteiger partial charge in [0.1, 0.15) is 11.6 Å². The summed E-state index contributed by atoms with van der Waals surface area (Å²) in [6, 6.07) is 8.87. The Morgan fingerprint density at radius 1 is 1.03 bits per heavy atom. The molecule has 178 valence electrons. The summed E-state index contributed by atoms with van der Waals surface area (Å²) < 4.78 is 22.0. The lowest BCUT2D eigenvalue weighted by Crippen LogP contribution is -2.49. The topological polar surface area (TPSA) is 115 Å². The molecule has 0 spiro atoms. The molecule has 0 saturated carbocycles. The molecule has 0 aromatic heterocycles. The Hall–Kier alpha value is -3.95. The average Bonchev–Trinajstić information content (AvgIpc) is 3.29. The molecule has 0 unspecified atom stereocenters. The van der Waals surface area contributed by atoms with Crippen molar-refractivity contribution in [2.45, 2.75) is 38.4 Å². The third-order valence-electron chi connectivity index (χ3n) is 6.22. The van der Waals surface area contributed by atoms with E-state index in [-0.39, 0.29) is 13.3 Å². The van der Waals surface area contributed by atoms with Crippen molar-refractivity contribution in [3.63, 3.8) is 0 Å². The zero-order valence-electron chi connectivity index (χ0n) is 18.9. The fourth-order valence-electron chi connectivity index (χ4n) is 4.19. The molecule has 2 aromatic rings. The zero-order chi connectivity index (χ0) is 23.9. The highest BCUT2D eigenvalue weighted by Crippen LogP contribution is 2.37. The Morgan fingerprint density at radius 3 is 2.53 bits per heavy atom. The van der Waals surface area contributed by atoms with Crippen LogP contribution in [0.4, 0.5) is 4.79 Å². The first kappa shape index (κ1) is 21.9. The molecular formula is C24H25N3O7. The van der Waals surface area contributed by atoms with Gasteiger partial charge in [-0.25, -0.2) is 9.69 Å². The number of imide groups is 1. The highest BCUT2D eigenvalue weighted by molar-refractivity contribution is 6.10. The Labute approximate surface area is 196 Å². The Bertz CT molecular complexity index is 1170. The van der Waals surface area contributed by atoms with Crippen LogP contribution in [-0.4, -0.2) is 48.8 Å². The van der Waals surface area contributed by atoms with Gasteiger partial charge in [-0.15, -0.1) is 0 Å². The van der Waals surface area contributed by atoms with E-state index in [1.807, 2.05) is 6.07 Å². The van der Waals surface area contributed by atoms with E-state index in [9.17, 15) is 14.4 Å². The molecule has 2 N–H and O–H groups in total. The summed E-state index contributed by atoms with van der Waals surface area (Å²) in [5.41, 5.74) is 0.0118. The van der Waals surface area contributed by atoms with Crippen LogP contribution < -0.4 is 29.6 Å². The SMILES string of the molecule is C[C@H](C(=O)NCc1ccc2c(c1)OCO2)N1C(=O)N[C@@](C)(c2ccc3c(c2)OCCCO3)C1=O. The van der Waals surface area contributed by atoms with Gasteiger partial charge in [-0.2, -0.15) is 0 Å². The number of amides is 4. The first-order valence-electron chi connectivity index (χ1n) is 11.1. The molecule has 10 nitrogen and oxygen atoms in total. The second-order valence-electron chi connectivity index (χ2n) is 8.52. The van der Waals surface area contributed by atoms with Crippen molar-refractivity contribution in [3.05, 3.63) is 47.5 Å². The van der Waals surface area contributed by atoms with Crippen LogP contribution in [0.2, 0.25) is 0 Å². The normalized spacial score (nSPS) is 21.6. The largest absolute Gasteiger partial charge is 0.490 e. The minimum absolute atomic E-state index is 0.163. The minimum atomic E-state index is -1.34. The van der Waals surface area contributed by atoms with Crippen molar-refractivity contribution in [1.29, 1.82) is 0 Å². The maximum absolute atomic E-state index is 13.4. The first-order chi connectivity index (χ1) is 16.4. The number of benzene rings is 2. The lowest BCUT2D eigenvalue weighted by molar-refractivity contribution is -0.137. The van der Waals surface area contributed by atoms with Gasteiger partial charge >= 0.3 is 6.03 Å². The predicted octanol–water partition coefficient (Wildman–Crippen LogP) is 2.05. The smallest absolute Gasteiger partial charge is 0.326 e. The fourth-order valence-corrected chi connectivity index (χ4v) is 4.19. The number of nitrogens with one attached hydrogen (secondary N) is 2. The van der Waals surface area contributed by atoms with Gasteiger partial charge in [-0.05, 0) is 49.2 Å². The summed E-state index contributed by atoms with van der Waals surface area (Å²) in [5.74, 6) is 1.40. The molecule has 3 aliphatic heterocycles. The number of hydrogen-bond donors (Lipinski definition) is 2. The van der Waals surface area contributed by atoms with Crippen LogP contribution in [0.15, 0.2) is 36.4 Å². The van der Waals surface area contributed by atoms with E-state index in [1.54, 1.807) is 37.3 Å². The number of hydrogen-bond acceptors (Lipinski definition) is 7. The number of ether oxygens (including phenoxy) is 4. The van der Waals surface area contributed by atoms with Crippen LogP contribution in [0.25, 0.3) is 0 Å². The number of urea groups is 1. The van der Waals surface area contributed by atoms with Gasteiger partial charge in [-0.3, -0.25) is 9.59 Å². The summed E-state index contributed by atoms with van der Waals surface area (Å²) in [6.07, 6.45) is 0.754. The minimum Gasteiger partial charge on any atom is -0.490 e. The molecule has 5 rings (SSSR count). The summed E-state index contributed by atoms with van der Waals surface area (Å²) >= 11 is 0. The molecule has 1 fully saturated rings. The highest BCUT2D eigenvalue weighted by Gasteiger charge is 2.52. The van der Waals surface area contributed by atoms with Gasteiger partial charge < -0.3 is 29.6 Å². The third-order valence-corrected chi connectivity index (χ3v) is 6.22. The monoisotopic (exact) mass is 467 g/mol. The van der Waals surface area contributed by atoms with E-state index < -0.39 is 29.4 Å². The number of rotatable bonds is 5. The van der Waals surface area contributed by atoms with Gasteiger partial charge in [-0.1, -0.05) is 12.1 Å². The van der Waals surface area contributed by atoms with Crippen LogP contribution in [0.5, 0.6) is 23.0 Å². The summed E-state index contributed by atoms with van der Waals surface area (Å²) in [4.78, 5) is 40.0. The number of nitrogens with zero attached hydrogens (tertiary/aromatic N) is 1. The summed E-state index contributed by atoms with van der Waals surface area (Å²) in [7, 11) is 0. The van der Waals surface area contributed by atoms with Gasteiger partial charge in [0.25, 0.3) is 5.91 Å². The summed E-state index contributed by atoms with van der Waals surface area (Å²) in [6.45, 7) is 4.56. The van der Waals surface area contributed by atoms with Crippen molar-refractivity contribution in [1.82, 2.24) is 15.5 Å². The highest BCUT2D eigenvalue weighted by atomic mass is 16.7. The standard InChI is InChI=1S/C24H25N3O7/c1-14(21(28)25-12-15-4-6-18-19(10-15)34-13-33-18)27-22(29)24(2,26-23(27)30)16-5-7-17-20(11-16)32-9-3-8-31-17/h4-7,10-11,14H,3,8-9,12-13H2,1-2H3,(H,25,28)(H,26,30)/t14-,24+/m1/s1. The van der Waals surface area contributed by atoms with Crippen LogP contribution in [0, 0.1) is 0 Å². The van der Waals surface area contributed by atoms with Gasteiger partial charge in [0, 0.05) is 13.0 Å². The molecule has 0 bridgehead atoms. The molecule has 3 heterocycles. The number of carbonyl (C=O) groups is 3. The number of fused-ring (bicyclic) bond motifs is 2. The second kappa shape index (κ2) is 8.44. The van der Waals surface area contributed by atoms with Crippen LogP contribution in [0.1, 0.15) is 31.4 Å². The van der Waals surface area contributed by atoms with E-state index >= 15 is 0 Å². The van der Waals surface area contributed by atoms with Crippen LogP contribution >= 0.6 is 0 Å². The Balaban J connectivity index is 1.29. The van der Waals surface area contributed by atoms with Gasteiger partial charge in [0.15, 0.2) is 23.0 Å². The molecule has 4 amide bonds. The number of carbonyl (C=O) groups excluding carboxylic acids is 3. The van der Waals surface area contributed by atoms with Crippen molar-refractivity contribution >= 4 is 17.8 Å². The Morgan fingerprint density at radius 2 is 1.71 bits per heavy atom. The van der Waals surface area contributed by atoms with Crippen LogP contribution in [0.3, 0.4) is 0 Å². The fraction of sp³-hybridized carbons (Fsp3) is 0.375. The van der Waals surface area contributed by atoms with Crippen molar-refractivity contribution < 1.29 is 33.3 Å². The molecule has 2 atom stereocenters. The summed E-state index contributed by atoms with van der Waals surface area (Å²) in [5, 5.41) is 5.51. The van der Waals surface area contributed by atoms with E-state index in [4.69, 9.17) is 18.9 Å².